The van der Waals surface area contributed by atoms with Gasteiger partial charge in [0.2, 0.25) is 0 Å². The van der Waals surface area contributed by atoms with Crippen LogP contribution in [0.5, 0.6) is 0 Å². The molecule has 14 aromatic carbocycles. The standard InChI is InChI=1S/5C14H11N.4C9H8N2.14C2H6/c1-10-11-6-2-3-7-12(11)13-8-4-5-9-14(13)15-10;1-10-6-7-12-11(8-10)9-15-14-5-3-2-4-13(12)14;1-10-6-7-11-9-15-14-5-3-2-4-12(14)13(11)8-10;1-10-6-7-14-13(8-10)12-5-3-2-4-11(12)9-15-14;1-10-6-7-13-12-5-3-2-4-11(12)9-15-14(13)8-10;1-7-2-3-8-5-10-11-6-9(8)4-7;1-7-2-3-9-8(6-7)4-5-10-11-9;1-7-2-3-8-4-5-10-11-9(8)6-7;1-7-6-8-4-2-3-5-9(8)11-10-7;14*1-2/h5*2-9H,1H3;4*2-6H,1H3;14*1-2H3. The van der Waals surface area contributed by atoms with Crippen LogP contribution in [0.4, 0.5) is 0 Å². The molecule has 0 unspecified atom stereocenters. The topological polar surface area (TPSA) is 168 Å². The monoisotopic (exact) mass is 1960 g/mol. The van der Waals surface area contributed by atoms with E-state index in [-0.39, 0.29) is 0 Å². The predicted molar refractivity (Wildman–Crippen MR) is 656 cm³/mol. The first-order valence-electron chi connectivity index (χ1n) is 53.6. The van der Waals surface area contributed by atoms with Crippen LogP contribution in [-0.4, -0.2) is 65.7 Å². The van der Waals surface area contributed by atoms with Crippen molar-refractivity contribution >= 4 is 152 Å². The zero-order chi connectivity index (χ0) is 110. The normalized spacial score (nSPS) is 9.26. The van der Waals surface area contributed by atoms with Gasteiger partial charge in [-0.25, -0.2) is 0 Å². The molecule has 0 fully saturated rings. The molecule has 0 amide bonds. The summed E-state index contributed by atoms with van der Waals surface area (Å²) in [5, 5.41) is 55.6. The van der Waals surface area contributed by atoms with Crippen molar-refractivity contribution in [3.63, 3.8) is 0 Å². The molecular formula is C134H171N13. The van der Waals surface area contributed by atoms with Crippen LogP contribution < -0.4 is 0 Å². The summed E-state index contributed by atoms with van der Waals surface area (Å²) in [5.41, 5.74) is 19.1. The van der Waals surface area contributed by atoms with Gasteiger partial charge in [-0.3, -0.25) is 24.9 Å². The molecule has 0 aliphatic carbocycles. The molecule has 0 aliphatic heterocycles. The molecule has 0 N–H and O–H groups in total. The van der Waals surface area contributed by atoms with Gasteiger partial charge in [-0.05, 0) is 191 Å². The third kappa shape index (κ3) is 40.7. The molecule has 147 heavy (non-hydrogen) atoms. The van der Waals surface area contributed by atoms with Crippen molar-refractivity contribution < 1.29 is 0 Å². The summed E-state index contributed by atoms with van der Waals surface area (Å²) in [5.74, 6) is 0. The lowest BCUT2D eigenvalue weighted by Gasteiger charge is -2.05. The largest absolute Gasteiger partial charge is 0.256 e. The molecule has 9 aromatic heterocycles. The maximum Gasteiger partial charge on any atom is 0.0932 e. The fourth-order valence-electron chi connectivity index (χ4n) is 14.4. The lowest BCUT2D eigenvalue weighted by Crippen LogP contribution is -1.86. The van der Waals surface area contributed by atoms with E-state index in [0.29, 0.717) is 0 Å². The van der Waals surface area contributed by atoms with Crippen LogP contribution in [0.15, 0.2) is 365 Å². The van der Waals surface area contributed by atoms with Gasteiger partial charge in [0.05, 0.1) is 74.6 Å². The second-order valence-corrected chi connectivity index (χ2v) is 29.6. The van der Waals surface area contributed by atoms with Gasteiger partial charge in [0.25, 0.3) is 0 Å². The summed E-state index contributed by atoms with van der Waals surface area (Å²) in [7, 11) is 0. The average Bonchev–Trinajstić information content (AvgIpc) is 0.797. The maximum absolute atomic E-state index is 4.60. The first kappa shape index (κ1) is 130. The number of aromatic nitrogens is 13. The number of nitrogens with zero attached hydrogens (tertiary/aromatic N) is 13. The minimum Gasteiger partial charge on any atom is -0.256 e. The third-order valence-corrected chi connectivity index (χ3v) is 20.4. The molecule has 9 heterocycles. The summed E-state index contributed by atoms with van der Waals surface area (Å²) in [6, 6.07) is 108. The second kappa shape index (κ2) is 77.3. The van der Waals surface area contributed by atoms with Crippen LogP contribution in [-0.2, 0) is 0 Å². The lowest BCUT2D eigenvalue weighted by atomic mass is 10.0. The molecule has 0 atom stereocenters. The van der Waals surface area contributed by atoms with Gasteiger partial charge < -0.3 is 0 Å². The van der Waals surface area contributed by atoms with Crippen LogP contribution in [0, 0.1) is 62.3 Å². The zero-order valence-electron chi connectivity index (χ0n) is 96.0. The number of pyridine rings is 5. The molecule has 0 saturated heterocycles. The predicted octanol–water partition coefficient (Wildman–Crippen LogP) is 40.6. The SMILES string of the molecule is CC.CC.CC.CC.CC.CC.CC.CC.CC.CC.CC.CC.CC.CC.Cc1cc2ccccc2nn1.Cc1ccc2c(c1)ncc1ccccc12.Cc1ccc2c(cnc3ccccc32)c1.Cc1ccc2ccnnc2c1.Cc1ccc2cnc3ccccc3c2c1.Cc1ccc2cnncc2c1.Cc1ccc2ncc3ccccc3c2c1.Cc1ccc2nnccc2c1.Cc1nc2ccccc2c2ccccc12. The van der Waals surface area contributed by atoms with Crippen LogP contribution in [0.3, 0.4) is 0 Å². The van der Waals surface area contributed by atoms with E-state index in [1.807, 2.05) is 323 Å². The minimum absolute atomic E-state index is 0.957. The summed E-state index contributed by atoms with van der Waals surface area (Å²) in [6.45, 7) is 74.6. The highest BCUT2D eigenvalue weighted by molar-refractivity contribution is 6.09. The number of rotatable bonds is 0. The Kier molecular flexibility index (Phi) is 68.3. The number of aryl methyl sites for hydroxylation is 9. The number of benzene rings is 14. The number of hydrogen-bond acceptors (Lipinski definition) is 13. The van der Waals surface area contributed by atoms with E-state index in [1.165, 1.54) is 120 Å². The fraction of sp³-hybridized carbons (Fsp3) is 0.276. The Bertz CT molecular complexity index is 6990. The van der Waals surface area contributed by atoms with E-state index < -0.39 is 0 Å². The van der Waals surface area contributed by atoms with Crippen LogP contribution in [0.2, 0.25) is 0 Å². The van der Waals surface area contributed by atoms with Crippen molar-refractivity contribution in [2.24, 2.45) is 0 Å². The summed E-state index contributed by atoms with van der Waals surface area (Å²) < 4.78 is 0. The number of hydrogen-bond donors (Lipinski definition) is 0. The van der Waals surface area contributed by atoms with E-state index in [0.717, 1.165) is 82.5 Å². The summed E-state index contributed by atoms with van der Waals surface area (Å²) >= 11 is 0. The average molecular weight is 1960 g/mol. The zero-order valence-corrected chi connectivity index (χ0v) is 96.0. The third-order valence-electron chi connectivity index (χ3n) is 20.4. The van der Waals surface area contributed by atoms with Crippen LogP contribution in [0.1, 0.15) is 244 Å². The molecular weight excluding hydrogens is 1790 g/mol. The molecule has 13 nitrogen and oxygen atoms in total. The van der Waals surface area contributed by atoms with Crippen molar-refractivity contribution in [2.45, 2.75) is 256 Å². The van der Waals surface area contributed by atoms with E-state index >= 15 is 0 Å². The van der Waals surface area contributed by atoms with E-state index in [9.17, 15) is 0 Å². The Labute approximate surface area is 883 Å². The van der Waals surface area contributed by atoms with Gasteiger partial charge in [-0.15, -0.1) is 0 Å². The first-order chi connectivity index (χ1) is 72.2. The Balaban J connectivity index is 0.000000804. The fourth-order valence-corrected chi connectivity index (χ4v) is 14.4. The second-order valence-electron chi connectivity index (χ2n) is 29.6. The molecule has 0 saturated carbocycles. The van der Waals surface area contributed by atoms with E-state index in [2.05, 4.69) is 339 Å². The Morgan fingerprint density at radius 3 is 0.959 bits per heavy atom. The summed E-state index contributed by atoms with van der Waals surface area (Å²) in [4.78, 5) is 22.4. The Hall–Kier alpha value is -15.2. The molecule has 0 radical (unpaired) electrons. The van der Waals surface area contributed by atoms with Gasteiger partial charge in [0.15, 0.2) is 0 Å². The van der Waals surface area contributed by atoms with Crippen molar-refractivity contribution in [1.29, 1.82) is 0 Å². The quantitative estimate of drug-likeness (QED) is 0.132. The smallest absolute Gasteiger partial charge is 0.0932 e. The Morgan fingerprint density at radius 2 is 0.435 bits per heavy atom. The number of fused-ring (bicyclic) bond motifs is 19. The van der Waals surface area contributed by atoms with Gasteiger partial charge in [-0.2, -0.15) is 40.8 Å². The molecule has 13 heteroatoms. The molecule has 23 aromatic rings. The highest BCUT2D eigenvalue weighted by Gasteiger charge is 2.08. The van der Waals surface area contributed by atoms with Crippen molar-refractivity contribution in [3.05, 3.63) is 415 Å². The number of para-hydroxylation sites is 3. The highest BCUT2D eigenvalue weighted by atomic mass is 15.1. The molecule has 23 rings (SSSR count). The van der Waals surface area contributed by atoms with Crippen LogP contribution >= 0.6 is 0 Å². The molecule has 772 valence electrons. The maximum atomic E-state index is 4.60. The first-order valence-corrected chi connectivity index (χ1v) is 53.6. The van der Waals surface area contributed by atoms with E-state index in [1.54, 1.807) is 24.8 Å². The molecule has 0 spiro atoms. The molecule has 0 aliphatic rings. The highest BCUT2D eigenvalue weighted by Crippen LogP contribution is 2.30. The van der Waals surface area contributed by atoms with Crippen molar-refractivity contribution in [2.75, 3.05) is 0 Å². The van der Waals surface area contributed by atoms with Crippen molar-refractivity contribution in [3.8, 4) is 0 Å². The minimum atomic E-state index is 0.957. The van der Waals surface area contributed by atoms with Gasteiger partial charge >= 0.3 is 0 Å². The van der Waals surface area contributed by atoms with Gasteiger partial charge in [0, 0.05) is 111 Å². The Morgan fingerprint density at radius 1 is 0.143 bits per heavy atom. The summed E-state index contributed by atoms with van der Waals surface area (Å²) in [6.07, 6.45) is 14.7. The van der Waals surface area contributed by atoms with Crippen LogP contribution in [0.25, 0.3) is 152 Å². The molecule has 0 bridgehead atoms. The van der Waals surface area contributed by atoms with Gasteiger partial charge in [0.1, 0.15) is 0 Å². The lowest BCUT2D eigenvalue weighted by molar-refractivity contribution is 1.02. The van der Waals surface area contributed by atoms with E-state index in [4.69, 9.17) is 0 Å². The van der Waals surface area contributed by atoms with Gasteiger partial charge in [-0.1, -0.05) is 446 Å². The van der Waals surface area contributed by atoms with Crippen molar-refractivity contribution in [1.82, 2.24) is 65.7 Å².